The Balaban J connectivity index is 2.06. The van der Waals surface area contributed by atoms with Crippen LogP contribution in [-0.4, -0.2) is 54.4 Å². The average Bonchev–Trinajstić information content (AvgIpc) is 2.39. The van der Waals surface area contributed by atoms with Gasteiger partial charge in [-0.15, -0.1) is 0 Å². The molecule has 6 heteroatoms. The number of nitrogens with one attached hydrogen (secondary N) is 1. The molecule has 0 radical (unpaired) electrons. The van der Waals surface area contributed by atoms with Crippen LogP contribution in [0.4, 0.5) is 4.79 Å². The number of aliphatic carboxylic acids is 1. The lowest BCUT2D eigenvalue weighted by atomic mass is 10.1. The number of likely N-dealkylation sites (tertiary alicyclic amines) is 1. The fraction of sp³-hybridized carbons (Fsp3) is 0.846. The summed E-state index contributed by atoms with van der Waals surface area (Å²) in [4.78, 5) is 23.6. The minimum Gasteiger partial charge on any atom is -0.481 e. The Morgan fingerprint density at radius 1 is 1.32 bits per heavy atom. The number of carbonyl (C=O) groups excluding carboxylic acids is 1. The van der Waals surface area contributed by atoms with Crippen LogP contribution in [0.2, 0.25) is 0 Å². The highest BCUT2D eigenvalue weighted by atomic mass is 16.6. The second-order valence-electron chi connectivity index (χ2n) is 4.77. The molecule has 1 amide bonds. The van der Waals surface area contributed by atoms with Gasteiger partial charge in [0.1, 0.15) is 0 Å². The monoisotopic (exact) mass is 272 g/mol. The molecule has 1 aliphatic heterocycles. The Labute approximate surface area is 114 Å². The molecule has 1 rings (SSSR count). The lowest BCUT2D eigenvalue weighted by Crippen LogP contribution is -2.45. The summed E-state index contributed by atoms with van der Waals surface area (Å²) in [6.45, 7) is 4.53. The van der Waals surface area contributed by atoms with E-state index in [1.807, 2.05) is 6.92 Å². The molecular weight excluding hydrogens is 248 g/mol. The number of nitrogens with zero attached hydrogens (tertiary/aromatic N) is 1. The number of carbonyl (C=O) groups is 2. The summed E-state index contributed by atoms with van der Waals surface area (Å²) in [5.74, 6) is -0.734. The Morgan fingerprint density at radius 3 is 2.58 bits per heavy atom. The Morgan fingerprint density at radius 2 is 2.00 bits per heavy atom. The first kappa shape index (κ1) is 15.8. The molecule has 1 aliphatic rings. The van der Waals surface area contributed by atoms with Crippen molar-refractivity contribution in [3.05, 3.63) is 0 Å². The molecule has 0 saturated carbocycles. The molecule has 0 spiro atoms. The number of piperidine rings is 1. The molecule has 0 bridgehead atoms. The van der Waals surface area contributed by atoms with Crippen LogP contribution in [0.3, 0.4) is 0 Å². The predicted octanol–water partition coefficient (Wildman–Crippen LogP) is 1.45. The molecule has 2 N–H and O–H groups in total. The van der Waals surface area contributed by atoms with E-state index in [1.165, 1.54) is 0 Å². The summed E-state index contributed by atoms with van der Waals surface area (Å²) in [5, 5.41) is 11.9. The third-order valence-electron chi connectivity index (χ3n) is 3.27. The Hall–Kier alpha value is -1.30. The second-order valence-corrected chi connectivity index (χ2v) is 4.77. The van der Waals surface area contributed by atoms with Crippen molar-refractivity contribution in [1.29, 1.82) is 0 Å². The molecule has 0 aliphatic carbocycles. The van der Waals surface area contributed by atoms with Crippen molar-refractivity contribution in [1.82, 2.24) is 10.2 Å². The molecule has 0 unspecified atom stereocenters. The van der Waals surface area contributed by atoms with Gasteiger partial charge in [0.05, 0.1) is 6.61 Å². The van der Waals surface area contributed by atoms with Crippen molar-refractivity contribution in [2.24, 2.45) is 0 Å². The summed E-state index contributed by atoms with van der Waals surface area (Å²) in [6.07, 6.45) is 3.47. The van der Waals surface area contributed by atoms with Crippen LogP contribution in [0, 0.1) is 0 Å². The first-order chi connectivity index (χ1) is 9.13. The number of hydrogen-bond acceptors (Lipinski definition) is 4. The number of ether oxygens (including phenoxy) is 1. The molecule has 0 atom stereocenters. The van der Waals surface area contributed by atoms with E-state index >= 15 is 0 Å². The van der Waals surface area contributed by atoms with E-state index in [4.69, 9.17) is 9.84 Å². The van der Waals surface area contributed by atoms with Gasteiger partial charge >= 0.3 is 12.1 Å². The van der Waals surface area contributed by atoms with E-state index in [1.54, 1.807) is 4.90 Å². The van der Waals surface area contributed by atoms with Crippen LogP contribution in [0.1, 0.15) is 39.0 Å². The van der Waals surface area contributed by atoms with Gasteiger partial charge in [0.2, 0.25) is 0 Å². The maximum atomic E-state index is 11.5. The molecule has 0 aromatic heterocycles. The summed E-state index contributed by atoms with van der Waals surface area (Å²) in [7, 11) is 0. The van der Waals surface area contributed by atoms with Crippen LogP contribution in [-0.2, 0) is 9.53 Å². The predicted molar refractivity (Wildman–Crippen MR) is 71.1 cm³/mol. The van der Waals surface area contributed by atoms with Crippen LogP contribution in [0.5, 0.6) is 0 Å². The minimum absolute atomic E-state index is 0.220. The smallest absolute Gasteiger partial charge is 0.409 e. The van der Waals surface area contributed by atoms with Gasteiger partial charge in [-0.05, 0) is 39.2 Å². The summed E-state index contributed by atoms with van der Waals surface area (Å²) in [6, 6.07) is 0.426. The van der Waals surface area contributed by atoms with E-state index in [-0.39, 0.29) is 12.5 Å². The zero-order chi connectivity index (χ0) is 14.1. The lowest BCUT2D eigenvalue weighted by Gasteiger charge is -2.31. The highest BCUT2D eigenvalue weighted by Gasteiger charge is 2.22. The van der Waals surface area contributed by atoms with E-state index in [0.29, 0.717) is 19.1 Å². The minimum atomic E-state index is -0.734. The molecule has 6 nitrogen and oxygen atoms in total. The summed E-state index contributed by atoms with van der Waals surface area (Å²) < 4.78 is 4.96. The third-order valence-corrected chi connectivity index (χ3v) is 3.27. The molecule has 110 valence electrons. The average molecular weight is 272 g/mol. The topological polar surface area (TPSA) is 78.9 Å². The molecule has 19 heavy (non-hydrogen) atoms. The van der Waals surface area contributed by atoms with Crippen molar-refractivity contribution in [3.8, 4) is 0 Å². The zero-order valence-electron chi connectivity index (χ0n) is 11.6. The van der Waals surface area contributed by atoms with Crippen molar-refractivity contribution in [3.63, 3.8) is 0 Å². The standard InChI is InChI=1S/C13H24N2O4/c1-2-19-13(18)15-9-6-11(7-10-15)14-8-4-3-5-12(16)17/h11,14H,2-10H2,1H3,(H,16,17). The van der Waals surface area contributed by atoms with Gasteiger partial charge < -0.3 is 20.1 Å². The van der Waals surface area contributed by atoms with Crippen molar-refractivity contribution < 1.29 is 19.4 Å². The maximum absolute atomic E-state index is 11.5. The van der Waals surface area contributed by atoms with Gasteiger partial charge in [-0.1, -0.05) is 0 Å². The normalized spacial score (nSPS) is 16.4. The first-order valence-corrected chi connectivity index (χ1v) is 7.00. The highest BCUT2D eigenvalue weighted by Crippen LogP contribution is 2.11. The van der Waals surface area contributed by atoms with Crippen LogP contribution < -0.4 is 5.32 Å². The summed E-state index contributed by atoms with van der Waals surface area (Å²) in [5.41, 5.74) is 0. The molecular formula is C13H24N2O4. The molecule has 0 aromatic carbocycles. The molecule has 1 fully saturated rings. The Bertz CT molecular complexity index is 288. The van der Waals surface area contributed by atoms with E-state index in [9.17, 15) is 9.59 Å². The van der Waals surface area contributed by atoms with E-state index in [2.05, 4.69) is 5.32 Å². The first-order valence-electron chi connectivity index (χ1n) is 7.00. The van der Waals surface area contributed by atoms with E-state index < -0.39 is 5.97 Å². The molecule has 1 saturated heterocycles. The number of rotatable bonds is 7. The quantitative estimate of drug-likeness (QED) is 0.686. The number of amides is 1. The SMILES string of the molecule is CCOC(=O)N1CCC(NCCCCC(=O)O)CC1. The summed E-state index contributed by atoms with van der Waals surface area (Å²) >= 11 is 0. The largest absolute Gasteiger partial charge is 0.481 e. The van der Waals surface area contributed by atoms with E-state index in [0.717, 1.165) is 38.9 Å². The maximum Gasteiger partial charge on any atom is 0.409 e. The number of carboxylic acid groups (broad SMARTS) is 1. The van der Waals surface area contributed by atoms with Gasteiger partial charge in [-0.2, -0.15) is 0 Å². The van der Waals surface area contributed by atoms with Gasteiger partial charge in [0.25, 0.3) is 0 Å². The fourth-order valence-corrected chi connectivity index (χ4v) is 2.19. The van der Waals surface area contributed by atoms with Crippen LogP contribution in [0.25, 0.3) is 0 Å². The zero-order valence-corrected chi connectivity index (χ0v) is 11.6. The molecule has 0 aromatic rings. The number of unbranched alkanes of at least 4 members (excludes halogenated alkanes) is 1. The third kappa shape index (κ3) is 6.42. The van der Waals surface area contributed by atoms with Crippen molar-refractivity contribution in [2.75, 3.05) is 26.2 Å². The van der Waals surface area contributed by atoms with Gasteiger partial charge in [0, 0.05) is 25.6 Å². The van der Waals surface area contributed by atoms with Crippen LogP contribution >= 0.6 is 0 Å². The second kappa shape index (κ2) is 8.74. The van der Waals surface area contributed by atoms with Crippen molar-refractivity contribution in [2.45, 2.75) is 45.1 Å². The van der Waals surface area contributed by atoms with Crippen molar-refractivity contribution >= 4 is 12.1 Å². The fourth-order valence-electron chi connectivity index (χ4n) is 2.19. The lowest BCUT2D eigenvalue weighted by molar-refractivity contribution is -0.137. The van der Waals surface area contributed by atoms with Gasteiger partial charge in [0.15, 0.2) is 0 Å². The van der Waals surface area contributed by atoms with Gasteiger partial charge in [-0.3, -0.25) is 4.79 Å². The highest BCUT2D eigenvalue weighted by molar-refractivity contribution is 5.67. The molecule has 1 heterocycles. The van der Waals surface area contributed by atoms with Crippen LogP contribution in [0.15, 0.2) is 0 Å². The number of hydrogen-bond donors (Lipinski definition) is 2. The number of carboxylic acids is 1. The Kier molecular flexibility index (Phi) is 7.25. The van der Waals surface area contributed by atoms with Gasteiger partial charge in [-0.25, -0.2) is 4.79 Å².